The number of pyridine rings is 1. The molecule has 2 N–H and O–H groups in total. The van der Waals surface area contributed by atoms with Crippen LogP contribution >= 0.6 is 0 Å². The maximum absolute atomic E-state index is 12.4. The second kappa shape index (κ2) is 5.41. The first kappa shape index (κ1) is 14.8. The molecule has 0 saturated carbocycles. The van der Waals surface area contributed by atoms with Crippen LogP contribution in [0.4, 0.5) is 0 Å². The van der Waals surface area contributed by atoms with E-state index < -0.39 is 0 Å². The monoisotopic (exact) mass is 272 g/mol. The zero-order valence-electron chi connectivity index (χ0n) is 12.8. The molecule has 1 aromatic carbocycles. The number of fused-ring (bicyclic) bond motifs is 1. The van der Waals surface area contributed by atoms with E-state index in [1.54, 1.807) is 4.57 Å². The summed E-state index contributed by atoms with van der Waals surface area (Å²) < 4.78 is 1.72. The highest BCUT2D eigenvalue weighted by Gasteiger charge is 2.14. The van der Waals surface area contributed by atoms with Crippen molar-refractivity contribution in [3.8, 4) is 0 Å². The van der Waals surface area contributed by atoms with E-state index in [1.807, 2.05) is 31.3 Å². The van der Waals surface area contributed by atoms with Crippen molar-refractivity contribution in [2.45, 2.75) is 52.1 Å². The Hall–Kier alpha value is -1.61. The zero-order valence-corrected chi connectivity index (χ0v) is 12.8. The summed E-state index contributed by atoms with van der Waals surface area (Å²) in [4.78, 5) is 12.4. The number of hydrogen-bond acceptors (Lipinski definition) is 2. The van der Waals surface area contributed by atoms with Crippen molar-refractivity contribution < 1.29 is 0 Å². The Bertz CT molecular complexity index is 665. The van der Waals surface area contributed by atoms with E-state index in [4.69, 9.17) is 5.73 Å². The van der Waals surface area contributed by atoms with Gasteiger partial charge in [-0.25, -0.2) is 0 Å². The molecule has 0 amide bonds. The van der Waals surface area contributed by atoms with Gasteiger partial charge in [-0.05, 0) is 34.9 Å². The number of nitrogens with zero attached hydrogens (tertiary/aromatic N) is 1. The minimum absolute atomic E-state index is 0.0269. The number of hydrogen-bond donors (Lipinski definition) is 1. The van der Waals surface area contributed by atoms with E-state index in [-0.39, 0.29) is 17.0 Å². The maximum atomic E-state index is 12.4. The van der Waals surface area contributed by atoms with Gasteiger partial charge in [-0.15, -0.1) is 0 Å². The molecule has 0 fully saturated rings. The first-order valence-electron chi connectivity index (χ1n) is 7.22. The molecule has 0 aliphatic rings. The summed E-state index contributed by atoms with van der Waals surface area (Å²) in [6.07, 6.45) is 2.72. The molecule has 108 valence electrons. The van der Waals surface area contributed by atoms with Crippen LogP contribution in [0.1, 0.15) is 39.7 Å². The van der Waals surface area contributed by atoms with Crippen LogP contribution in [0, 0.1) is 0 Å². The van der Waals surface area contributed by atoms with Crippen molar-refractivity contribution in [1.29, 1.82) is 0 Å². The van der Waals surface area contributed by atoms with Crippen LogP contribution in [0.25, 0.3) is 10.8 Å². The Morgan fingerprint density at radius 3 is 2.55 bits per heavy atom. The lowest BCUT2D eigenvalue weighted by atomic mass is 9.86. The van der Waals surface area contributed by atoms with Gasteiger partial charge in [0.05, 0.1) is 0 Å². The van der Waals surface area contributed by atoms with Crippen LogP contribution in [0.2, 0.25) is 0 Å². The Labute approximate surface area is 120 Å². The quantitative estimate of drug-likeness (QED) is 0.933. The van der Waals surface area contributed by atoms with Crippen molar-refractivity contribution in [3.05, 3.63) is 46.4 Å². The molecular weight excluding hydrogens is 248 g/mol. The lowest BCUT2D eigenvalue weighted by molar-refractivity contribution is 0.529. The summed E-state index contributed by atoms with van der Waals surface area (Å²) in [5, 5.41) is 1.77. The highest BCUT2D eigenvalue weighted by Crippen LogP contribution is 2.24. The minimum atomic E-state index is 0.0269. The standard InChI is InChI=1S/C17H24N2O/c1-5-14(18)11-19-9-8-12-10-13(17(2,3)4)6-7-15(12)16(19)20/h6-10,14H,5,11,18H2,1-4H3. The summed E-state index contributed by atoms with van der Waals surface area (Å²) in [6.45, 7) is 9.14. The molecular formula is C17H24N2O. The lowest BCUT2D eigenvalue weighted by Crippen LogP contribution is -2.31. The molecule has 1 atom stereocenters. The Morgan fingerprint density at radius 1 is 1.25 bits per heavy atom. The predicted octanol–water partition coefficient (Wildman–Crippen LogP) is 3.04. The summed E-state index contributed by atoms with van der Waals surface area (Å²) >= 11 is 0. The van der Waals surface area contributed by atoms with Gasteiger partial charge in [0, 0.05) is 24.2 Å². The number of nitrogens with two attached hydrogens (primary N) is 1. The number of benzene rings is 1. The molecule has 3 nitrogen and oxygen atoms in total. The van der Waals surface area contributed by atoms with Gasteiger partial charge in [0.15, 0.2) is 0 Å². The van der Waals surface area contributed by atoms with Crippen molar-refractivity contribution >= 4 is 10.8 Å². The smallest absolute Gasteiger partial charge is 0.258 e. The van der Waals surface area contributed by atoms with Crippen LogP contribution in [-0.2, 0) is 12.0 Å². The fourth-order valence-corrected chi connectivity index (χ4v) is 2.28. The van der Waals surface area contributed by atoms with Crippen molar-refractivity contribution in [3.63, 3.8) is 0 Å². The molecule has 0 aliphatic heterocycles. The Balaban J connectivity index is 2.50. The van der Waals surface area contributed by atoms with Crippen LogP contribution in [0.3, 0.4) is 0 Å². The van der Waals surface area contributed by atoms with Crippen molar-refractivity contribution in [2.75, 3.05) is 0 Å². The van der Waals surface area contributed by atoms with Crippen LogP contribution in [0.15, 0.2) is 35.3 Å². The highest BCUT2D eigenvalue weighted by atomic mass is 16.1. The molecule has 0 aliphatic carbocycles. The zero-order chi connectivity index (χ0) is 14.9. The van der Waals surface area contributed by atoms with Crippen molar-refractivity contribution in [2.24, 2.45) is 5.73 Å². The van der Waals surface area contributed by atoms with E-state index in [2.05, 4.69) is 26.8 Å². The molecule has 20 heavy (non-hydrogen) atoms. The third-order valence-electron chi connectivity index (χ3n) is 3.80. The van der Waals surface area contributed by atoms with Gasteiger partial charge in [-0.3, -0.25) is 4.79 Å². The summed E-state index contributed by atoms with van der Waals surface area (Å²) in [5.41, 5.74) is 7.32. The van der Waals surface area contributed by atoms with Crippen LogP contribution in [0.5, 0.6) is 0 Å². The molecule has 2 rings (SSSR count). The normalized spacial score (nSPS) is 13.7. The fraction of sp³-hybridized carbons (Fsp3) is 0.471. The average Bonchev–Trinajstić information content (AvgIpc) is 2.40. The first-order valence-corrected chi connectivity index (χ1v) is 7.22. The second-order valence-electron chi connectivity index (χ2n) is 6.49. The van der Waals surface area contributed by atoms with Crippen LogP contribution in [-0.4, -0.2) is 10.6 Å². The molecule has 1 heterocycles. The minimum Gasteiger partial charge on any atom is -0.326 e. The number of aromatic nitrogens is 1. The third kappa shape index (κ3) is 2.93. The van der Waals surface area contributed by atoms with Gasteiger partial charge in [0.25, 0.3) is 5.56 Å². The molecule has 1 aromatic heterocycles. The van der Waals surface area contributed by atoms with Gasteiger partial charge >= 0.3 is 0 Å². The van der Waals surface area contributed by atoms with Crippen molar-refractivity contribution in [1.82, 2.24) is 4.57 Å². The Kier molecular flexibility index (Phi) is 4.00. The third-order valence-corrected chi connectivity index (χ3v) is 3.80. The van der Waals surface area contributed by atoms with E-state index in [0.29, 0.717) is 6.54 Å². The number of rotatable bonds is 3. The van der Waals surface area contributed by atoms with E-state index in [9.17, 15) is 4.79 Å². The van der Waals surface area contributed by atoms with E-state index in [0.717, 1.165) is 17.2 Å². The van der Waals surface area contributed by atoms with E-state index in [1.165, 1.54) is 5.56 Å². The van der Waals surface area contributed by atoms with Gasteiger partial charge in [-0.2, -0.15) is 0 Å². The average molecular weight is 272 g/mol. The summed E-state index contributed by atoms with van der Waals surface area (Å²) in [7, 11) is 0. The SMILES string of the molecule is CCC(N)Cn1ccc2cc(C(C)(C)C)ccc2c1=O. The first-order chi connectivity index (χ1) is 9.32. The molecule has 1 unspecified atom stereocenters. The second-order valence-corrected chi connectivity index (χ2v) is 6.49. The molecule has 0 bridgehead atoms. The fourth-order valence-electron chi connectivity index (χ4n) is 2.28. The molecule has 0 saturated heterocycles. The summed E-state index contributed by atoms with van der Waals surface area (Å²) in [5.74, 6) is 0. The molecule has 0 radical (unpaired) electrons. The molecule has 0 spiro atoms. The largest absolute Gasteiger partial charge is 0.326 e. The summed E-state index contributed by atoms with van der Waals surface area (Å²) in [6, 6.07) is 8.13. The van der Waals surface area contributed by atoms with Gasteiger partial charge < -0.3 is 10.3 Å². The van der Waals surface area contributed by atoms with Crippen LogP contribution < -0.4 is 11.3 Å². The molecule has 3 heteroatoms. The maximum Gasteiger partial charge on any atom is 0.258 e. The van der Waals surface area contributed by atoms with Gasteiger partial charge in [0.2, 0.25) is 0 Å². The van der Waals surface area contributed by atoms with E-state index >= 15 is 0 Å². The Morgan fingerprint density at radius 2 is 1.95 bits per heavy atom. The highest BCUT2D eigenvalue weighted by molar-refractivity contribution is 5.82. The predicted molar refractivity (Wildman–Crippen MR) is 85.2 cm³/mol. The van der Waals surface area contributed by atoms with Gasteiger partial charge in [-0.1, -0.05) is 39.8 Å². The van der Waals surface area contributed by atoms with Gasteiger partial charge in [0.1, 0.15) is 0 Å². The molecule has 2 aromatic rings. The topological polar surface area (TPSA) is 48.0 Å². The lowest BCUT2D eigenvalue weighted by Gasteiger charge is -2.19.